The van der Waals surface area contributed by atoms with Crippen molar-refractivity contribution in [3.63, 3.8) is 0 Å². The van der Waals surface area contributed by atoms with E-state index in [2.05, 4.69) is 25.3 Å². The minimum Gasteiger partial charge on any atom is -0.492 e. The second-order valence-corrected chi connectivity index (χ2v) is 7.32. The first-order valence-corrected chi connectivity index (χ1v) is 9.95. The summed E-state index contributed by atoms with van der Waals surface area (Å²) in [6.07, 6.45) is 0. The highest BCUT2D eigenvalue weighted by Gasteiger charge is 2.15. The van der Waals surface area contributed by atoms with Gasteiger partial charge in [-0.1, -0.05) is 23.2 Å². The molecule has 0 aliphatic carbocycles. The van der Waals surface area contributed by atoms with Gasteiger partial charge in [-0.3, -0.25) is 14.6 Å². The molecular formula is C20H14Cl2FN5O4. The van der Waals surface area contributed by atoms with Gasteiger partial charge in [0.25, 0.3) is 11.5 Å². The molecule has 9 nitrogen and oxygen atoms in total. The van der Waals surface area contributed by atoms with E-state index in [0.717, 1.165) is 11.6 Å². The lowest BCUT2D eigenvalue weighted by Crippen LogP contribution is -2.28. The summed E-state index contributed by atoms with van der Waals surface area (Å²) >= 11 is 11.3. The summed E-state index contributed by atoms with van der Waals surface area (Å²) in [5, 5.41) is 1.94. The number of hydrogen-bond acceptors (Lipinski definition) is 5. The molecule has 0 spiro atoms. The average molecular weight is 478 g/mol. The number of aromatic amines is 3. The number of pyridine rings is 1. The van der Waals surface area contributed by atoms with E-state index in [-0.39, 0.29) is 29.4 Å². The van der Waals surface area contributed by atoms with Gasteiger partial charge in [0.2, 0.25) is 0 Å². The van der Waals surface area contributed by atoms with Crippen LogP contribution in [0, 0.1) is 5.82 Å². The van der Waals surface area contributed by atoms with Crippen LogP contribution in [0.3, 0.4) is 0 Å². The van der Waals surface area contributed by atoms with Gasteiger partial charge < -0.3 is 20.0 Å². The number of amides is 1. The SMILES string of the molecule is O=C(NCCOc1ccc(-c2cc3[nH]c(=O)[nH]c(=O)c3[nH]2)cc1)c1cc(F)c(Cl)nc1Cl. The van der Waals surface area contributed by atoms with Crippen molar-refractivity contribution in [2.75, 3.05) is 13.2 Å². The summed E-state index contributed by atoms with van der Waals surface area (Å²) < 4.78 is 19.1. The molecule has 0 atom stereocenters. The molecule has 0 aliphatic rings. The van der Waals surface area contributed by atoms with Crippen LogP contribution in [-0.2, 0) is 0 Å². The summed E-state index contributed by atoms with van der Waals surface area (Å²) in [6.45, 7) is 0.286. The first-order chi connectivity index (χ1) is 15.3. The van der Waals surface area contributed by atoms with Gasteiger partial charge in [-0.2, -0.15) is 0 Å². The van der Waals surface area contributed by atoms with Crippen molar-refractivity contribution in [2.24, 2.45) is 0 Å². The Morgan fingerprint density at radius 3 is 2.56 bits per heavy atom. The van der Waals surface area contributed by atoms with Crippen LogP contribution >= 0.6 is 23.2 Å². The van der Waals surface area contributed by atoms with E-state index in [1.807, 2.05) is 0 Å². The normalized spacial score (nSPS) is 11.0. The fourth-order valence-electron chi connectivity index (χ4n) is 2.97. The van der Waals surface area contributed by atoms with Gasteiger partial charge in [0.15, 0.2) is 11.0 Å². The van der Waals surface area contributed by atoms with Crippen molar-refractivity contribution < 1.29 is 13.9 Å². The number of H-pyrrole nitrogens is 3. The van der Waals surface area contributed by atoms with E-state index < -0.39 is 28.1 Å². The number of carbonyl (C=O) groups excluding carboxylic acids is 1. The number of rotatable bonds is 6. The molecule has 0 bridgehead atoms. The summed E-state index contributed by atoms with van der Waals surface area (Å²) in [4.78, 5) is 46.6. The van der Waals surface area contributed by atoms with Gasteiger partial charge in [0, 0.05) is 5.69 Å². The smallest absolute Gasteiger partial charge is 0.326 e. The van der Waals surface area contributed by atoms with Gasteiger partial charge in [-0.05, 0) is 42.0 Å². The Bertz CT molecular complexity index is 1430. The maximum Gasteiger partial charge on any atom is 0.326 e. The van der Waals surface area contributed by atoms with Crippen LogP contribution in [-0.4, -0.2) is 39.0 Å². The summed E-state index contributed by atoms with van der Waals surface area (Å²) in [5.74, 6) is -0.907. The van der Waals surface area contributed by atoms with Gasteiger partial charge in [-0.15, -0.1) is 0 Å². The van der Waals surface area contributed by atoms with Crippen molar-refractivity contribution in [2.45, 2.75) is 0 Å². The number of aromatic nitrogens is 4. The molecule has 12 heteroatoms. The zero-order valence-electron chi connectivity index (χ0n) is 16.1. The number of halogens is 3. The molecule has 1 aromatic carbocycles. The van der Waals surface area contributed by atoms with Crippen LogP contribution < -0.4 is 21.3 Å². The molecule has 4 N–H and O–H groups in total. The molecule has 32 heavy (non-hydrogen) atoms. The van der Waals surface area contributed by atoms with Gasteiger partial charge in [0.05, 0.1) is 17.6 Å². The first-order valence-electron chi connectivity index (χ1n) is 9.20. The predicted molar refractivity (Wildman–Crippen MR) is 117 cm³/mol. The number of nitrogens with zero attached hydrogens (tertiary/aromatic N) is 1. The number of hydrogen-bond donors (Lipinski definition) is 4. The zero-order chi connectivity index (χ0) is 22.8. The average Bonchev–Trinajstić information content (AvgIpc) is 3.18. The number of fused-ring (bicyclic) bond motifs is 1. The number of benzene rings is 1. The molecule has 3 heterocycles. The van der Waals surface area contributed by atoms with E-state index in [4.69, 9.17) is 27.9 Å². The number of carbonyl (C=O) groups is 1. The maximum atomic E-state index is 13.5. The lowest BCUT2D eigenvalue weighted by molar-refractivity contribution is 0.0946. The standard InChI is InChI=1S/C20H14Cl2FN5O4/c21-16-11(7-12(23)17(22)27-16)18(29)24-5-6-32-10-3-1-9(2-4-10)13-8-14-15(25-13)19(30)28-20(31)26-14/h1-4,7-8,25H,5-6H2,(H,24,29)(H2,26,28,30,31). The van der Waals surface area contributed by atoms with Gasteiger partial charge in [-0.25, -0.2) is 14.2 Å². The third-order valence-corrected chi connectivity index (χ3v) is 5.03. The van der Waals surface area contributed by atoms with Crippen molar-refractivity contribution in [1.82, 2.24) is 25.3 Å². The van der Waals surface area contributed by atoms with E-state index in [1.165, 1.54) is 0 Å². The number of nitrogens with one attached hydrogen (secondary N) is 4. The van der Waals surface area contributed by atoms with E-state index in [1.54, 1.807) is 30.3 Å². The van der Waals surface area contributed by atoms with Gasteiger partial charge in [0.1, 0.15) is 23.0 Å². The lowest BCUT2D eigenvalue weighted by Gasteiger charge is -2.09. The predicted octanol–water partition coefficient (Wildman–Crippen LogP) is 2.86. The molecule has 4 aromatic rings. The fraction of sp³-hybridized carbons (Fsp3) is 0.100. The second-order valence-electron chi connectivity index (χ2n) is 6.61. The van der Waals surface area contributed by atoms with Crippen molar-refractivity contribution in [3.8, 4) is 17.0 Å². The van der Waals surface area contributed by atoms with Crippen LogP contribution in [0.5, 0.6) is 5.75 Å². The van der Waals surface area contributed by atoms with Crippen molar-refractivity contribution in [3.05, 3.63) is 78.9 Å². The Hall–Kier alpha value is -3.63. The Morgan fingerprint density at radius 2 is 1.81 bits per heavy atom. The fourth-order valence-corrected chi connectivity index (χ4v) is 3.38. The molecular weight excluding hydrogens is 464 g/mol. The van der Waals surface area contributed by atoms with E-state index in [0.29, 0.717) is 17.0 Å². The van der Waals surface area contributed by atoms with Crippen LogP contribution in [0.1, 0.15) is 10.4 Å². The van der Waals surface area contributed by atoms with Crippen LogP contribution in [0.2, 0.25) is 10.3 Å². The Labute approximate surface area is 188 Å². The van der Waals surface area contributed by atoms with Crippen LogP contribution in [0.4, 0.5) is 4.39 Å². The van der Waals surface area contributed by atoms with Crippen LogP contribution in [0.25, 0.3) is 22.3 Å². The molecule has 0 fully saturated rings. The minimum atomic E-state index is -0.844. The molecule has 0 saturated carbocycles. The molecule has 164 valence electrons. The van der Waals surface area contributed by atoms with Crippen molar-refractivity contribution in [1.29, 1.82) is 0 Å². The quantitative estimate of drug-likeness (QED) is 0.250. The number of ether oxygens (including phenoxy) is 1. The summed E-state index contributed by atoms with van der Waals surface area (Å²) in [5.41, 5.74) is 0.878. The lowest BCUT2D eigenvalue weighted by atomic mass is 10.1. The molecule has 0 aliphatic heterocycles. The molecule has 0 saturated heterocycles. The van der Waals surface area contributed by atoms with Gasteiger partial charge >= 0.3 is 5.69 Å². The second kappa shape index (κ2) is 8.85. The molecule has 4 rings (SSSR count). The minimum absolute atomic E-state index is 0.128. The van der Waals surface area contributed by atoms with Crippen LogP contribution in [0.15, 0.2) is 46.0 Å². The Morgan fingerprint density at radius 1 is 1.06 bits per heavy atom. The summed E-state index contributed by atoms with van der Waals surface area (Å²) in [6, 6.07) is 9.55. The van der Waals surface area contributed by atoms with Crippen molar-refractivity contribution >= 4 is 40.1 Å². The van der Waals surface area contributed by atoms with E-state index >= 15 is 0 Å². The third kappa shape index (κ3) is 4.51. The molecule has 0 radical (unpaired) electrons. The highest BCUT2D eigenvalue weighted by Crippen LogP contribution is 2.23. The highest BCUT2D eigenvalue weighted by atomic mass is 35.5. The monoisotopic (exact) mass is 477 g/mol. The topological polar surface area (TPSA) is 133 Å². The first kappa shape index (κ1) is 21.6. The highest BCUT2D eigenvalue weighted by molar-refractivity contribution is 6.34. The molecule has 3 aromatic heterocycles. The summed E-state index contributed by atoms with van der Waals surface area (Å²) in [7, 11) is 0. The Balaban J connectivity index is 1.35. The Kier molecular flexibility index (Phi) is 5.97. The molecule has 1 amide bonds. The zero-order valence-corrected chi connectivity index (χ0v) is 17.6. The maximum absolute atomic E-state index is 13.5. The largest absolute Gasteiger partial charge is 0.492 e. The third-order valence-electron chi connectivity index (χ3n) is 4.47. The molecule has 0 unspecified atom stereocenters. The van der Waals surface area contributed by atoms with E-state index in [9.17, 15) is 18.8 Å².